The predicted molar refractivity (Wildman–Crippen MR) is 59.8 cm³/mol. The minimum absolute atomic E-state index is 0.0218. The van der Waals surface area contributed by atoms with Crippen LogP contribution in [0.3, 0.4) is 0 Å². The highest BCUT2D eigenvalue weighted by atomic mass is 17.1. The first-order valence-corrected chi connectivity index (χ1v) is 5.87. The molecule has 1 aromatic rings. The monoisotopic (exact) mass is 236 g/mol. The predicted octanol–water partition coefficient (Wildman–Crippen LogP) is 2.52. The number of carbonyl (C=O) groups is 1. The van der Waals surface area contributed by atoms with Crippen molar-refractivity contribution in [2.75, 3.05) is 0 Å². The lowest BCUT2D eigenvalue weighted by atomic mass is 9.70. The van der Waals surface area contributed by atoms with E-state index in [0.29, 0.717) is 5.92 Å². The highest BCUT2D eigenvalue weighted by Gasteiger charge is 2.61. The van der Waals surface area contributed by atoms with E-state index in [9.17, 15) is 4.79 Å². The fourth-order valence-electron chi connectivity index (χ4n) is 3.67. The molecule has 3 rings (SSSR count). The summed E-state index contributed by atoms with van der Waals surface area (Å²) in [5.41, 5.74) is 2.33. The van der Waals surface area contributed by atoms with E-state index < -0.39 is 6.09 Å². The number of fused-ring (bicyclic) bond motifs is 5. The van der Waals surface area contributed by atoms with Crippen LogP contribution in [0.1, 0.15) is 50.8 Å². The van der Waals surface area contributed by atoms with Gasteiger partial charge in [-0.2, -0.15) is 15.0 Å². The van der Waals surface area contributed by atoms with Gasteiger partial charge in [0.1, 0.15) is 0 Å². The summed E-state index contributed by atoms with van der Waals surface area (Å²) in [5.74, 6) is 0.447. The van der Waals surface area contributed by atoms with Crippen molar-refractivity contribution in [2.45, 2.75) is 44.9 Å². The lowest BCUT2D eigenvalue weighted by Crippen LogP contribution is -2.32. The van der Waals surface area contributed by atoms with Gasteiger partial charge in [0.25, 0.3) is 0 Å². The van der Waals surface area contributed by atoms with Gasteiger partial charge in [-0.15, -0.1) is 0 Å². The summed E-state index contributed by atoms with van der Waals surface area (Å²) < 4.78 is 1.09. The largest absolute Gasteiger partial charge is 0.465 e. The van der Waals surface area contributed by atoms with Crippen LogP contribution in [0.15, 0.2) is 6.20 Å². The van der Waals surface area contributed by atoms with Gasteiger partial charge in [0.05, 0.1) is 5.69 Å². The van der Waals surface area contributed by atoms with Gasteiger partial charge in [0, 0.05) is 11.6 Å². The fraction of sp³-hybridized carbons (Fsp3) is 0.667. The number of hydrogen-bond donors (Lipinski definition) is 1. The molecular formula is C12H16N2O3. The number of nitrogens with zero attached hydrogens (tertiary/aromatic N) is 2. The zero-order valence-electron chi connectivity index (χ0n) is 10.2. The first-order valence-electron chi connectivity index (χ1n) is 5.87. The molecule has 1 heterocycles. The maximum absolute atomic E-state index is 11.2. The van der Waals surface area contributed by atoms with Gasteiger partial charge in [-0.25, -0.2) is 4.79 Å². The average molecular weight is 236 g/mol. The molecular weight excluding hydrogens is 220 g/mol. The second-order valence-corrected chi connectivity index (χ2v) is 5.88. The normalized spacial score (nSPS) is 32.6. The van der Waals surface area contributed by atoms with Crippen LogP contribution in [-0.4, -0.2) is 21.1 Å². The van der Waals surface area contributed by atoms with E-state index in [1.165, 1.54) is 0 Å². The van der Waals surface area contributed by atoms with Crippen LogP contribution in [-0.2, 0) is 10.3 Å². The third-order valence-corrected chi connectivity index (χ3v) is 5.13. The fourth-order valence-corrected chi connectivity index (χ4v) is 3.67. The Labute approximate surface area is 99.3 Å². The molecule has 0 radical (unpaired) electrons. The standard InChI is InChI=1S/C12H16N2O3/c1-11(2)8-4-5-12(11,3)9-7(8)6-14(13-9)10(15)17-16/h6,8,16H,4-5H2,1-3H3/t8-,12+/m1/s1. The molecule has 1 fully saturated rings. The van der Waals surface area contributed by atoms with Gasteiger partial charge in [-0.05, 0) is 29.7 Å². The van der Waals surface area contributed by atoms with E-state index in [1.807, 2.05) is 0 Å². The summed E-state index contributed by atoms with van der Waals surface area (Å²) in [6, 6.07) is 0. The Balaban J connectivity index is 2.13. The van der Waals surface area contributed by atoms with Gasteiger partial charge in [0.15, 0.2) is 0 Å². The third-order valence-electron chi connectivity index (χ3n) is 5.13. The molecule has 92 valence electrons. The Morgan fingerprint density at radius 3 is 2.88 bits per heavy atom. The Kier molecular flexibility index (Phi) is 1.84. The van der Waals surface area contributed by atoms with Gasteiger partial charge < -0.3 is 0 Å². The molecule has 1 aromatic heterocycles. The van der Waals surface area contributed by atoms with Crippen LogP contribution in [0.5, 0.6) is 0 Å². The molecule has 0 saturated heterocycles. The molecule has 0 spiro atoms. The molecule has 2 atom stereocenters. The molecule has 0 aromatic carbocycles. The van der Waals surface area contributed by atoms with Crippen LogP contribution in [0.2, 0.25) is 0 Å². The number of aromatic nitrogens is 2. The topological polar surface area (TPSA) is 64.4 Å². The van der Waals surface area contributed by atoms with Crippen molar-refractivity contribution in [3.05, 3.63) is 17.5 Å². The number of hydrogen-bond acceptors (Lipinski definition) is 4. The molecule has 0 aliphatic heterocycles. The Morgan fingerprint density at radius 1 is 1.59 bits per heavy atom. The van der Waals surface area contributed by atoms with E-state index >= 15 is 0 Å². The minimum atomic E-state index is -0.847. The van der Waals surface area contributed by atoms with Crippen LogP contribution in [0.4, 0.5) is 4.79 Å². The Morgan fingerprint density at radius 2 is 2.29 bits per heavy atom. The first kappa shape index (κ1) is 10.8. The summed E-state index contributed by atoms with van der Waals surface area (Å²) in [6.07, 6.45) is 3.09. The molecule has 5 heteroatoms. The molecule has 5 nitrogen and oxygen atoms in total. The summed E-state index contributed by atoms with van der Waals surface area (Å²) >= 11 is 0. The van der Waals surface area contributed by atoms with Gasteiger partial charge >= 0.3 is 6.09 Å². The van der Waals surface area contributed by atoms with Crippen molar-refractivity contribution >= 4 is 6.09 Å². The van der Waals surface area contributed by atoms with E-state index in [2.05, 4.69) is 30.8 Å². The first-order chi connectivity index (χ1) is 7.91. The molecule has 2 bridgehead atoms. The zero-order chi connectivity index (χ0) is 12.4. The highest BCUT2D eigenvalue weighted by molar-refractivity contribution is 5.69. The summed E-state index contributed by atoms with van der Waals surface area (Å²) in [7, 11) is 0. The van der Waals surface area contributed by atoms with Crippen molar-refractivity contribution in [2.24, 2.45) is 5.41 Å². The quantitative estimate of drug-likeness (QED) is 0.555. The summed E-state index contributed by atoms with van der Waals surface area (Å²) in [5, 5.41) is 12.7. The second-order valence-electron chi connectivity index (χ2n) is 5.88. The van der Waals surface area contributed by atoms with Crippen molar-refractivity contribution < 1.29 is 14.9 Å². The van der Waals surface area contributed by atoms with Crippen LogP contribution in [0.25, 0.3) is 0 Å². The van der Waals surface area contributed by atoms with Gasteiger partial charge in [-0.3, -0.25) is 4.89 Å². The van der Waals surface area contributed by atoms with Crippen LogP contribution < -0.4 is 0 Å². The van der Waals surface area contributed by atoms with Crippen molar-refractivity contribution in [1.82, 2.24) is 9.78 Å². The van der Waals surface area contributed by atoms with E-state index in [-0.39, 0.29) is 10.8 Å². The van der Waals surface area contributed by atoms with Crippen LogP contribution >= 0.6 is 0 Å². The Bertz CT molecular complexity index is 506. The lowest BCUT2D eigenvalue weighted by Gasteiger charge is -2.34. The molecule has 1 N–H and O–H groups in total. The van der Waals surface area contributed by atoms with Gasteiger partial charge in [0.2, 0.25) is 0 Å². The van der Waals surface area contributed by atoms with Crippen molar-refractivity contribution in [3.63, 3.8) is 0 Å². The average Bonchev–Trinajstić information content (AvgIpc) is 2.85. The van der Waals surface area contributed by atoms with Crippen LogP contribution in [0, 0.1) is 5.41 Å². The zero-order valence-corrected chi connectivity index (χ0v) is 10.2. The number of carbonyl (C=O) groups excluding carboxylic acids is 1. The molecule has 1 saturated carbocycles. The van der Waals surface area contributed by atoms with Crippen molar-refractivity contribution in [3.8, 4) is 0 Å². The van der Waals surface area contributed by atoms with Gasteiger partial charge in [-0.1, -0.05) is 20.8 Å². The molecule has 0 amide bonds. The Hall–Kier alpha value is -1.36. The maximum Gasteiger partial charge on any atom is 0.465 e. The lowest BCUT2D eigenvalue weighted by molar-refractivity contribution is -0.178. The summed E-state index contributed by atoms with van der Waals surface area (Å²) in [4.78, 5) is 15.0. The molecule has 2 aliphatic rings. The molecule has 17 heavy (non-hydrogen) atoms. The van der Waals surface area contributed by atoms with E-state index in [1.54, 1.807) is 6.20 Å². The van der Waals surface area contributed by atoms with E-state index in [4.69, 9.17) is 5.26 Å². The summed E-state index contributed by atoms with van der Waals surface area (Å²) in [6.45, 7) is 6.74. The SMILES string of the molecule is CC1(C)[C@@H]2CC[C@@]1(C)c1nn(C(=O)OO)cc12. The second kappa shape index (κ2) is 2.90. The van der Waals surface area contributed by atoms with Crippen molar-refractivity contribution in [1.29, 1.82) is 0 Å². The minimum Gasteiger partial charge on any atom is -0.276 e. The third kappa shape index (κ3) is 1.03. The smallest absolute Gasteiger partial charge is 0.276 e. The van der Waals surface area contributed by atoms with E-state index in [0.717, 1.165) is 28.8 Å². The molecule has 0 unspecified atom stereocenters. The maximum atomic E-state index is 11.2. The highest BCUT2D eigenvalue weighted by Crippen LogP contribution is 2.67. The molecule has 2 aliphatic carbocycles. The number of rotatable bonds is 0.